The van der Waals surface area contributed by atoms with Crippen molar-refractivity contribution in [3.05, 3.63) is 29.1 Å². The Morgan fingerprint density at radius 2 is 1.50 bits per heavy atom. The van der Waals surface area contributed by atoms with Gasteiger partial charge in [-0.05, 0) is 26.0 Å². The second-order valence-corrected chi connectivity index (χ2v) is 10.3. The largest absolute Gasteiger partial charge is 0.461 e. The molecule has 0 radical (unpaired) electrons. The molecule has 0 aliphatic carbocycles. The molecular formula is C16H21NO4Si. The molecule has 0 saturated heterocycles. The van der Waals surface area contributed by atoms with E-state index in [1.807, 2.05) is 0 Å². The summed E-state index contributed by atoms with van der Waals surface area (Å²) in [4.78, 5) is 27.7. The standard InChI is InChI=1S/C16H21NO4Si/c1-6-20-15(18)13-10-12(8-9-22(3,4)5)11-14(17-13)16(19)21-7-2/h10-11H,6-7H2,1-5H3. The molecule has 0 saturated carbocycles. The van der Waals surface area contributed by atoms with E-state index in [2.05, 4.69) is 36.1 Å². The molecule has 22 heavy (non-hydrogen) atoms. The monoisotopic (exact) mass is 319 g/mol. The predicted molar refractivity (Wildman–Crippen MR) is 86.4 cm³/mol. The minimum Gasteiger partial charge on any atom is -0.461 e. The van der Waals surface area contributed by atoms with E-state index >= 15 is 0 Å². The molecule has 0 spiro atoms. The molecule has 1 rings (SSSR count). The molecule has 5 nitrogen and oxygen atoms in total. The van der Waals surface area contributed by atoms with E-state index < -0.39 is 20.0 Å². The third-order valence-corrected chi connectivity index (χ3v) is 3.25. The molecule has 1 aromatic heterocycles. The van der Waals surface area contributed by atoms with Crippen molar-refractivity contribution in [3.63, 3.8) is 0 Å². The first-order valence-corrected chi connectivity index (χ1v) is 10.7. The third-order valence-electron chi connectivity index (χ3n) is 2.38. The lowest BCUT2D eigenvalue weighted by Gasteiger charge is -2.07. The van der Waals surface area contributed by atoms with Gasteiger partial charge in [0.05, 0.1) is 13.2 Å². The van der Waals surface area contributed by atoms with Crippen LogP contribution in [0.4, 0.5) is 0 Å². The first-order valence-electron chi connectivity index (χ1n) is 7.16. The van der Waals surface area contributed by atoms with Crippen molar-refractivity contribution in [2.45, 2.75) is 33.5 Å². The number of hydrogen-bond acceptors (Lipinski definition) is 5. The maximum atomic E-state index is 11.9. The smallest absolute Gasteiger partial charge is 0.356 e. The van der Waals surface area contributed by atoms with Crippen LogP contribution in [0.5, 0.6) is 0 Å². The number of ether oxygens (including phenoxy) is 2. The molecule has 0 amide bonds. The maximum absolute atomic E-state index is 11.9. The Balaban J connectivity index is 3.28. The number of rotatable bonds is 4. The molecule has 1 aromatic rings. The summed E-state index contributed by atoms with van der Waals surface area (Å²) in [5.41, 5.74) is 3.87. The van der Waals surface area contributed by atoms with Crippen LogP contribution in [0.25, 0.3) is 0 Å². The van der Waals surface area contributed by atoms with Crippen molar-refractivity contribution >= 4 is 20.0 Å². The van der Waals surface area contributed by atoms with Gasteiger partial charge < -0.3 is 9.47 Å². The van der Waals surface area contributed by atoms with Crippen LogP contribution in [0.15, 0.2) is 12.1 Å². The van der Waals surface area contributed by atoms with Crippen LogP contribution in [-0.4, -0.2) is 38.2 Å². The summed E-state index contributed by atoms with van der Waals surface area (Å²) in [6, 6.07) is 3.07. The number of nitrogens with zero attached hydrogens (tertiary/aromatic N) is 1. The van der Waals surface area contributed by atoms with E-state index in [0.29, 0.717) is 5.56 Å². The van der Waals surface area contributed by atoms with Crippen molar-refractivity contribution < 1.29 is 19.1 Å². The van der Waals surface area contributed by atoms with Gasteiger partial charge in [-0.25, -0.2) is 14.6 Å². The van der Waals surface area contributed by atoms with E-state index in [4.69, 9.17) is 9.47 Å². The SMILES string of the molecule is CCOC(=O)c1cc(C#C[Si](C)(C)C)cc(C(=O)OCC)n1. The average Bonchev–Trinajstić information content (AvgIpc) is 2.44. The molecular weight excluding hydrogens is 298 g/mol. The van der Waals surface area contributed by atoms with Crippen molar-refractivity contribution in [1.82, 2.24) is 4.98 Å². The summed E-state index contributed by atoms with van der Waals surface area (Å²) >= 11 is 0. The van der Waals surface area contributed by atoms with Crippen molar-refractivity contribution in [2.75, 3.05) is 13.2 Å². The number of hydrogen-bond donors (Lipinski definition) is 0. The van der Waals surface area contributed by atoms with Crippen LogP contribution >= 0.6 is 0 Å². The quantitative estimate of drug-likeness (QED) is 0.485. The summed E-state index contributed by atoms with van der Waals surface area (Å²) in [6.07, 6.45) is 0. The topological polar surface area (TPSA) is 65.5 Å². The van der Waals surface area contributed by atoms with Gasteiger partial charge in [-0.1, -0.05) is 25.6 Å². The van der Waals surface area contributed by atoms with Crippen LogP contribution < -0.4 is 0 Å². The van der Waals surface area contributed by atoms with Gasteiger partial charge in [-0.3, -0.25) is 0 Å². The summed E-state index contributed by atoms with van der Waals surface area (Å²) in [6.45, 7) is 10.2. The van der Waals surface area contributed by atoms with Gasteiger partial charge in [-0.15, -0.1) is 5.54 Å². The normalized spacial score (nSPS) is 10.4. The van der Waals surface area contributed by atoms with Crippen molar-refractivity contribution in [3.8, 4) is 11.5 Å². The molecule has 0 aromatic carbocycles. The minimum absolute atomic E-state index is 0.0623. The van der Waals surface area contributed by atoms with Crippen molar-refractivity contribution in [1.29, 1.82) is 0 Å². The van der Waals surface area contributed by atoms with E-state index in [1.165, 1.54) is 12.1 Å². The molecule has 0 N–H and O–H groups in total. The maximum Gasteiger partial charge on any atom is 0.356 e. The van der Waals surface area contributed by atoms with Gasteiger partial charge in [0.2, 0.25) is 0 Å². The van der Waals surface area contributed by atoms with Gasteiger partial charge >= 0.3 is 11.9 Å². The molecule has 0 fully saturated rings. The Morgan fingerprint density at radius 3 is 1.86 bits per heavy atom. The lowest BCUT2D eigenvalue weighted by molar-refractivity contribution is 0.0511. The van der Waals surface area contributed by atoms with Crippen LogP contribution in [0.3, 0.4) is 0 Å². The zero-order valence-corrected chi connectivity index (χ0v) is 14.6. The lowest BCUT2D eigenvalue weighted by Crippen LogP contribution is -2.16. The Kier molecular flexibility index (Phi) is 6.32. The predicted octanol–water partition coefficient (Wildman–Crippen LogP) is 2.66. The van der Waals surface area contributed by atoms with E-state index in [-0.39, 0.29) is 24.6 Å². The molecule has 0 aliphatic heterocycles. The molecule has 0 atom stereocenters. The lowest BCUT2D eigenvalue weighted by atomic mass is 10.2. The first kappa shape index (κ1) is 17.9. The molecule has 0 aliphatic rings. The number of carbonyl (C=O) groups is 2. The second-order valence-electron chi connectivity index (χ2n) is 5.57. The van der Waals surface area contributed by atoms with Gasteiger partial charge in [0.1, 0.15) is 8.07 Å². The Labute approximate surface area is 132 Å². The highest BCUT2D eigenvalue weighted by Crippen LogP contribution is 2.09. The molecule has 0 bridgehead atoms. The summed E-state index contributed by atoms with van der Waals surface area (Å²) < 4.78 is 9.86. The van der Waals surface area contributed by atoms with E-state index in [9.17, 15) is 9.59 Å². The molecule has 0 unspecified atom stereocenters. The van der Waals surface area contributed by atoms with Gasteiger partial charge in [0.15, 0.2) is 11.4 Å². The second kappa shape index (κ2) is 7.76. The van der Waals surface area contributed by atoms with Gasteiger partial charge in [0.25, 0.3) is 0 Å². The molecule has 118 valence electrons. The number of aromatic nitrogens is 1. The number of esters is 2. The first-order chi connectivity index (χ1) is 10.3. The van der Waals surface area contributed by atoms with Gasteiger partial charge in [-0.2, -0.15) is 0 Å². The number of pyridine rings is 1. The third kappa shape index (κ3) is 5.70. The molecule has 6 heteroatoms. The fourth-order valence-electron chi connectivity index (χ4n) is 1.48. The zero-order valence-electron chi connectivity index (χ0n) is 13.6. The van der Waals surface area contributed by atoms with Crippen LogP contribution in [0.2, 0.25) is 19.6 Å². The summed E-state index contributed by atoms with van der Waals surface area (Å²) in [5.74, 6) is 1.86. The highest BCUT2D eigenvalue weighted by Gasteiger charge is 2.16. The van der Waals surface area contributed by atoms with Crippen LogP contribution in [0.1, 0.15) is 40.4 Å². The molecule has 1 heterocycles. The van der Waals surface area contributed by atoms with Gasteiger partial charge in [0, 0.05) is 5.56 Å². The zero-order chi connectivity index (χ0) is 16.8. The van der Waals surface area contributed by atoms with E-state index in [0.717, 1.165) is 0 Å². The highest BCUT2D eigenvalue weighted by molar-refractivity contribution is 6.83. The Hall–Kier alpha value is -2.13. The fraction of sp³-hybridized carbons (Fsp3) is 0.438. The fourth-order valence-corrected chi connectivity index (χ4v) is 2.00. The minimum atomic E-state index is -1.57. The van der Waals surface area contributed by atoms with E-state index in [1.54, 1.807) is 13.8 Å². The average molecular weight is 319 g/mol. The van der Waals surface area contributed by atoms with Crippen molar-refractivity contribution in [2.24, 2.45) is 0 Å². The Morgan fingerprint density at radius 1 is 1.05 bits per heavy atom. The number of carbonyl (C=O) groups excluding carboxylic acids is 2. The summed E-state index contributed by atoms with van der Waals surface area (Å²) in [7, 11) is -1.57. The van der Waals surface area contributed by atoms with Crippen LogP contribution in [0, 0.1) is 11.5 Å². The summed E-state index contributed by atoms with van der Waals surface area (Å²) in [5, 5.41) is 0. The Bertz CT molecular complexity index is 587. The highest BCUT2D eigenvalue weighted by atomic mass is 28.3. The van der Waals surface area contributed by atoms with Crippen LogP contribution in [-0.2, 0) is 9.47 Å².